The van der Waals surface area contributed by atoms with Crippen LogP contribution in [0.2, 0.25) is 0 Å². The maximum absolute atomic E-state index is 11.7. The molecule has 0 bridgehead atoms. The van der Waals surface area contributed by atoms with E-state index in [0.717, 1.165) is 25.9 Å². The van der Waals surface area contributed by atoms with Gasteiger partial charge in [0.25, 0.3) is 0 Å². The van der Waals surface area contributed by atoms with Crippen LogP contribution in [-0.2, 0) is 14.4 Å². The zero-order chi connectivity index (χ0) is 15.0. The van der Waals surface area contributed by atoms with Gasteiger partial charge in [0.2, 0.25) is 5.91 Å². The van der Waals surface area contributed by atoms with Crippen molar-refractivity contribution in [2.45, 2.75) is 44.6 Å². The van der Waals surface area contributed by atoms with Crippen LogP contribution in [-0.4, -0.2) is 47.2 Å². The van der Waals surface area contributed by atoms with Crippen LogP contribution in [0.4, 0.5) is 0 Å². The second-order valence-corrected chi connectivity index (χ2v) is 5.14. The SMILES string of the molecule is O=C(O)CCC[C@@H](NC(=O)CCC1CCNC1)C(=O)O. The summed E-state index contributed by atoms with van der Waals surface area (Å²) >= 11 is 0. The summed E-state index contributed by atoms with van der Waals surface area (Å²) in [4.78, 5) is 33.1. The van der Waals surface area contributed by atoms with Gasteiger partial charge in [0.1, 0.15) is 6.04 Å². The lowest BCUT2D eigenvalue weighted by Crippen LogP contribution is -2.40. The Labute approximate surface area is 117 Å². The largest absolute Gasteiger partial charge is 0.481 e. The zero-order valence-electron chi connectivity index (χ0n) is 11.4. The molecule has 1 unspecified atom stereocenters. The Morgan fingerprint density at radius 2 is 2.00 bits per heavy atom. The molecule has 1 fully saturated rings. The molecule has 1 heterocycles. The molecule has 0 aliphatic carbocycles. The lowest BCUT2D eigenvalue weighted by Gasteiger charge is -2.15. The molecule has 0 aromatic rings. The van der Waals surface area contributed by atoms with Gasteiger partial charge in [-0.05, 0) is 44.7 Å². The van der Waals surface area contributed by atoms with Gasteiger partial charge in [0, 0.05) is 12.8 Å². The van der Waals surface area contributed by atoms with E-state index in [0.29, 0.717) is 12.3 Å². The second-order valence-electron chi connectivity index (χ2n) is 5.14. The molecule has 1 aliphatic heterocycles. The summed E-state index contributed by atoms with van der Waals surface area (Å²) in [5.41, 5.74) is 0. The number of rotatable bonds is 9. The van der Waals surface area contributed by atoms with Crippen molar-refractivity contribution in [3.8, 4) is 0 Å². The predicted octanol–water partition coefficient (Wildman–Crippen LogP) is 0.200. The fraction of sp³-hybridized carbons (Fsp3) is 0.769. The molecule has 0 aromatic carbocycles. The smallest absolute Gasteiger partial charge is 0.326 e. The van der Waals surface area contributed by atoms with Gasteiger partial charge in [-0.15, -0.1) is 0 Å². The number of amides is 1. The van der Waals surface area contributed by atoms with Gasteiger partial charge < -0.3 is 20.8 Å². The lowest BCUT2D eigenvalue weighted by molar-refractivity contribution is -0.142. The molecule has 114 valence electrons. The van der Waals surface area contributed by atoms with Crippen LogP contribution >= 0.6 is 0 Å². The van der Waals surface area contributed by atoms with E-state index in [1.807, 2.05) is 0 Å². The van der Waals surface area contributed by atoms with Crippen molar-refractivity contribution < 1.29 is 24.6 Å². The van der Waals surface area contributed by atoms with E-state index in [-0.39, 0.29) is 25.2 Å². The molecule has 7 nitrogen and oxygen atoms in total. The molecule has 0 spiro atoms. The summed E-state index contributed by atoms with van der Waals surface area (Å²) in [6.07, 6.45) is 2.40. The van der Waals surface area contributed by atoms with Gasteiger partial charge in [-0.25, -0.2) is 4.79 Å². The number of hydrogen-bond donors (Lipinski definition) is 4. The van der Waals surface area contributed by atoms with Crippen molar-refractivity contribution in [3.63, 3.8) is 0 Å². The second kappa shape index (κ2) is 8.52. The summed E-state index contributed by atoms with van der Waals surface area (Å²) in [6, 6.07) is -0.997. The fourth-order valence-corrected chi connectivity index (χ4v) is 2.28. The molecule has 1 aliphatic rings. The van der Waals surface area contributed by atoms with Crippen molar-refractivity contribution in [2.75, 3.05) is 13.1 Å². The van der Waals surface area contributed by atoms with Crippen LogP contribution in [0.15, 0.2) is 0 Å². The standard InChI is InChI=1S/C13H22N2O5/c16-11(5-4-9-6-7-14-8-9)15-10(13(19)20)2-1-3-12(17)18/h9-10,14H,1-8H2,(H,15,16)(H,17,18)(H,19,20)/t9?,10-/m1/s1. The van der Waals surface area contributed by atoms with Crippen LogP contribution in [0, 0.1) is 5.92 Å². The molecule has 1 saturated heterocycles. The Morgan fingerprint density at radius 3 is 2.55 bits per heavy atom. The normalized spacial score (nSPS) is 19.5. The van der Waals surface area contributed by atoms with Gasteiger partial charge in [-0.3, -0.25) is 9.59 Å². The maximum Gasteiger partial charge on any atom is 0.326 e. The molecule has 20 heavy (non-hydrogen) atoms. The first-order valence-corrected chi connectivity index (χ1v) is 6.93. The van der Waals surface area contributed by atoms with Crippen LogP contribution in [0.3, 0.4) is 0 Å². The Balaban J connectivity index is 2.26. The Kier molecular flexibility index (Phi) is 7.00. The molecule has 0 saturated carbocycles. The first-order valence-electron chi connectivity index (χ1n) is 6.93. The van der Waals surface area contributed by atoms with Gasteiger partial charge >= 0.3 is 11.9 Å². The van der Waals surface area contributed by atoms with Gasteiger partial charge in [-0.1, -0.05) is 0 Å². The highest BCUT2D eigenvalue weighted by molar-refractivity contribution is 5.83. The van der Waals surface area contributed by atoms with E-state index >= 15 is 0 Å². The minimum absolute atomic E-state index is 0.0899. The summed E-state index contributed by atoms with van der Waals surface area (Å²) in [5.74, 6) is -1.88. The lowest BCUT2D eigenvalue weighted by atomic mass is 10.0. The fourth-order valence-electron chi connectivity index (χ4n) is 2.28. The van der Waals surface area contributed by atoms with Crippen LogP contribution in [0.1, 0.15) is 38.5 Å². The number of hydrogen-bond acceptors (Lipinski definition) is 4. The zero-order valence-corrected chi connectivity index (χ0v) is 11.4. The molecule has 0 aromatic heterocycles. The van der Waals surface area contributed by atoms with Crippen molar-refractivity contribution in [1.82, 2.24) is 10.6 Å². The molecule has 0 radical (unpaired) electrons. The maximum atomic E-state index is 11.7. The van der Waals surface area contributed by atoms with Crippen molar-refractivity contribution in [1.29, 1.82) is 0 Å². The van der Waals surface area contributed by atoms with Crippen molar-refractivity contribution >= 4 is 17.8 Å². The quantitative estimate of drug-likeness (QED) is 0.481. The topological polar surface area (TPSA) is 116 Å². The summed E-state index contributed by atoms with van der Waals surface area (Å²) in [6.45, 7) is 1.88. The summed E-state index contributed by atoms with van der Waals surface area (Å²) < 4.78 is 0. The van der Waals surface area contributed by atoms with E-state index in [2.05, 4.69) is 10.6 Å². The van der Waals surface area contributed by atoms with E-state index in [1.165, 1.54) is 0 Å². The van der Waals surface area contributed by atoms with E-state index in [9.17, 15) is 14.4 Å². The van der Waals surface area contributed by atoms with E-state index in [4.69, 9.17) is 10.2 Å². The number of carbonyl (C=O) groups excluding carboxylic acids is 1. The van der Waals surface area contributed by atoms with Gasteiger partial charge in [-0.2, -0.15) is 0 Å². The third-order valence-corrected chi connectivity index (χ3v) is 3.46. The summed E-state index contributed by atoms with van der Waals surface area (Å²) in [5, 5.41) is 23.2. The van der Waals surface area contributed by atoms with Crippen LogP contribution < -0.4 is 10.6 Å². The molecule has 1 amide bonds. The Morgan fingerprint density at radius 1 is 1.25 bits per heavy atom. The monoisotopic (exact) mass is 286 g/mol. The van der Waals surface area contributed by atoms with Gasteiger partial charge in [0.15, 0.2) is 0 Å². The number of carboxylic acids is 2. The Hall–Kier alpha value is -1.63. The third-order valence-electron chi connectivity index (χ3n) is 3.46. The van der Waals surface area contributed by atoms with Crippen LogP contribution in [0.25, 0.3) is 0 Å². The average molecular weight is 286 g/mol. The van der Waals surface area contributed by atoms with Crippen LogP contribution in [0.5, 0.6) is 0 Å². The minimum atomic E-state index is -1.12. The van der Waals surface area contributed by atoms with Gasteiger partial charge in [0.05, 0.1) is 0 Å². The molecule has 2 atom stereocenters. The van der Waals surface area contributed by atoms with E-state index in [1.54, 1.807) is 0 Å². The minimum Gasteiger partial charge on any atom is -0.481 e. The molecule has 4 N–H and O–H groups in total. The molecule has 7 heteroatoms. The highest BCUT2D eigenvalue weighted by Crippen LogP contribution is 2.14. The summed E-state index contributed by atoms with van der Waals surface area (Å²) in [7, 11) is 0. The third kappa shape index (κ3) is 6.51. The molecular weight excluding hydrogens is 264 g/mol. The van der Waals surface area contributed by atoms with E-state index < -0.39 is 18.0 Å². The average Bonchev–Trinajstić information content (AvgIpc) is 2.87. The first-order chi connectivity index (χ1) is 9.49. The highest BCUT2D eigenvalue weighted by Gasteiger charge is 2.21. The number of carboxylic acid groups (broad SMARTS) is 2. The number of nitrogens with one attached hydrogen (secondary N) is 2. The Bertz CT molecular complexity index is 353. The van der Waals surface area contributed by atoms with Crippen molar-refractivity contribution in [3.05, 3.63) is 0 Å². The number of carbonyl (C=O) groups is 3. The molecule has 1 rings (SSSR count). The molecular formula is C13H22N2O5. The number of aliphatic carboxylic acids is 2. The first kappa shape index (κ1) is 16.4. The highest BCUT2D eigenvalue weighted by atomic mass is 16.4. The predicted molar refractivity (Wildman–Crippen MR) is 71.3 cm³/mol. The van der Waals surface area contributed by atoms with Crippen molar-refractivity contribution in [2.24, 2.45) is 5.92 Å².